The van der Waals surface area contributed by atoms with Gasteiger partial charge in [0.1, 0.15) is 0 Å². The van der Waals surface area contributed by atoms with E-state index in [2.05, 4.69) is 13.8 Å². The largest absolute Gasteiger partial charge is 0.493 e. The highest BCUT2D eigenvalue weighted by Crippen LogP contribution is 2.46. The van der Waals surface area contributed by atoms with Crippen LogP contribution in [0.2, 0.25) is 0 Å². The van der Waals surface area contributed by atoms with E-state index >= 15 is 0 Å². The van der Waals surface area contributed by atoms with E-state index in [-0.39, 0.29) is 0 Å². The minimum absolute atomic E-state index is 0.576. The molecule has 4 nitrogen and oxygen atoms in total. The molecule has 132 valence electrons. The van der Waals surface area contributed by atoms with E-state index < -0.39 is 0 Å². The SMILES string of the molecule is COc1cc(CCCCCCC(C)C)c(OC)c(OC)c1OC. The second-order valence-corrected chi connectivity index (χ2v) is 6.18. The Morgan fingerprint density at radius 3 is 1.87 bits per heavy atom. The average Bonchev–Trinajstić information content (AvgIpc) is 2.55. The van der Waals surface area contributed by atoms with Crippen LogP contribution in [0.15, 0.2) is 6.07 Å². The van der Waals surface area contributed by atoms with Crippen molar-refractivity contribution in [1.82, 2.24) is 0 Å². The van der Waals surface area contributed by atoms with Crippen molar-refractivity contribution in [3.63, 3.8) is 0 Å². The number of rotatable bonds is 11. The van der Waals surface area contributed by atoms with Gasteiger partial charge in [0, 0.05) is 5.56 Å². The normalized spacial score (nSPS) is 10.7. The summed E-state index contributed by atoms with van der Waals surface area (Å²) in [5.74, 6) is 3.40. The van der Waals surface area contributed by atoms with Crippen LogP contribution in [0, 0.1) is 5.92 Å². The number of methoxy groups -OCH3 is 4. The lowest BCUT2D eigenvalue weighted by Crippen LogP contribution is -2.02. The molecule has 0 atom stereocenters. The van der Waals surface area contributed by atoms with E-state index in [0.29, 0.717) is 17.2 Å². The molecular weight excluding hydrogens is 292 g/mol. The van der Waals surface area contributed by atoms with Crippen molar-refractivity contribution in [2.45, 2.75) is 52.4 Å². The van der Waals surface area contributed by atoms with Crippen molar-refractivity contribution in [2.75, 3.05) is 28.4 Å². The molecule has 0 N–H and O–H groups in total. The van der Waals surface area contributed by atoms with E-state index in [1.807, 2.05) is 6.07 Å². The van der Waals surface area contributed by atoms with E-state index in [4.69, 9.17) is 18.9 Å². The van der Waals surface area contributed by atoms with Gasteiger partial charge in [-0.1, -0.05) is 39.5 Å². The summed E-state index contributed by atoms with van der Waals surface area (Å²) >= 11 is 0. The molecule has 1 rings (SSSR count). The van der Waals surface area contributed by atoms with E-state index in [9.17, 15) is 0 Å². The average molecular weight is 324 g/mol. The molecule has 0 radical (unpaired) electrons. The maximum Gasteiger partial charge on any atom is 0.207 e. The predicted molar refractivity (Wildman–Crippen MR) is 94.3 cm³/mol. The van der Waals surface area contributed by atoms with Gasteiger partial charge in [-0.15, -0.1) is 0 Å². The first-order valence-electron chi connectivity index (χ1n) is 8.44. The maximum atomic E-state index is 5.56. The van der Waals surface area contributed by atoms with Crippen molar-refractivity contribution < 1.29 is 18.9 Å². The molecule has 0 aliphatic carbocycles. The molecule has 1 aromatic rings. The van der Waals surface area contributed by atoms with Gasteiger partial charge >= 0.3 is 0 Å². The highest BCUT2D eigenvalue weighted by atomic mass is 16.5. The molecule has 0 unspecified atom stereocenters. The summed E-state index contributed by atoms with van der Waals surface area (Å²) in [6, 6.07) is 1.99. The van der Waals surface area contributed by atoms with Crippen LogP contribution in [0.4, 0.5) is 0 Å². The van der Waals surface area contributed by atoms with E-state index in [1.54, 1.807) is 28.4 Å². The summed E-state index contributed by atoms with van der Waals surface area (Å²) in [7, 11) is 6.53. The Hall–Kier alpha value is -1.58. The number of unbranched alkanes of at least 4 members (excludes halogenated alkanes) is 3. The summed E-state index contributed by atoms with van der Waals surface area (Å²) in [6.07, 6.45) is 7.21. The van der Waals surface area contributed by atoms with Gasteiger partial charge < -0.3 is 18.9 Å². The van der Waals surface area contributed by atoms with Crippen LogP contribution < -0.4 is 18.9 Å². The van der Waals surface area contributed by atoms with Crippen molar-refractivity contribution in [3.05, 3.63) is 11.6 Å². The molecule has 0 spiro atoms. The van der Waals surface area contributed by atoms with Crippen LogP contribution in [0.5, 0.6) is 23.0 Å². The first-order valence-corrected chi connectivity index (χ1v) is 8.44. The quantitative estimate of drug-likeness (QED) is 0.544. The van der Waals surface area contributed by atoms with Crippen LogP contribution in [-0.2, 0) is 6.42 Å². The standard InChI is InChI=1S/C19H32O4/c1-14(2)11-9-7-8-10-12-15-13-16(20-3)18(22-5)19(23-6)17(15)21-4/h13-14H,7-12H2,1-6H3. The molecule has 1 aromatic carbocycles. The lowest BCUT2D eigenvalue weighted by Gasteiger charge is -2.18. The summed E-state index contributed by atoms with van der Waals surface area (Å²) in [4.78, 5) is 0. The van der Waals surface area contributed by atoms with Crippen LogP contribution in [0.1, 0.15) is 51.5 Å². The first-order chi connectivity index (χ1) is 11.1. The van der Waals surface area contributed by atoms with Gasteiger partial charge in [0.05, 0.1) is 28.4 Å². The molecule has 0 saturated carbocycles. The Morgan fingerprint density at radius 2 is 1.35 bits per heavy atom. The molecule has 0 heterocycles. The molecule has 0 saturated heterocycles. The lowest BCUT2D eigenvalue weighted by atomic mass is 10.0. The van der Waals surface area contributed by atoms with Gasteiger partial charge in [-0.3, -0.25) is 0 Å². The van der Waals surface area contributed by atoms with Gasteiger partial charge in [-0.05, 0) is 24.8 Å². The summed E-state index contributed by atoms with van der Waals surface area (Å²) in [6.45, 7) is 4.56. The number of ether oxygens (including phenoxy) is 4. The zero-order valence-corrected chi connectivity index (χ0v) is 15.5. The van der Waals surface area contributed by atoms with Crippen molar-refractivity contribution in [2.24, 2.45) is 5.92 Å². The zero-order chi connectivity index (χ0) is 17.2. The van der Waals surface area contributed by atoms with Crippen molar-refractivity contribution >= 4 is 0 Å². The minimum Gasteiger partial charge on any atom is -0.493 e. The number of aryl methyl sites for hydroxylation is 1. The molecule has 0 aromatic heterocycles. The van der Waals surface area contributed by atoms with Crippen molar-refractivity contribution in [1.29, 1.82) is 0 Å². The third kappa shape index (κ3) is 5.52. The molecule has 0 amide bonds. The van der Waals surface area contributed by atoms with Crippen LogP contribution >= 0.6 is 0 Å². The number of hydrogen-bond donors (Lipinski definition) is 0. The third-order valence-electron chi connectivity index (χ3n) is 4.04. The molecular formula is C19H32O4. The summed E-state index contributed by atoms with van der Waals surface area (Å²) in [5.41, 5.74) is 1.10. The number of hydrogen-bond acceptors (Lipinski definition) is 4. The Morgan fingerprint density at radius 1 is 0.739 bits per heavy atom. The molecule has 0 fully saturated rings. The molecule has 0 aliphatic rings. The van der Waals surface area contributed by atoms with Gasteiger partial charge in [0.2, 0.25) is 11.5 Å². The Bertz CT molecular complexity index is 469. The Balaban J connectivity index is 2.77. The van der Waals surface area contributed by atoms with Gasteiger partial charge in [-0.25, -0.2) is 0 Å². The highest BCUT2D eigenvalue weighted by molar-refractivity contribution is 5.62. The van der Waals surface area contributed by atoms with Gasteiger partial charge in [-0.2, -0.15) is 0 Å². The first kappa shape index (κ1) is 19.5. The van der Waals surface area contributed by atoms with Crippen LogP contribution in [0.25, 0.3) is 0 Å². The molecule has 23 heavy (non-hydrogen) atoms. The second kappa shape index (κ2) is 10.2. The second-order valence-electron chi connectivity index (χ2n) is 6.18. The summed E-state index contributed by atoms with van der Waals surface area (Å²) < 4.78 is 21.9. The fraction of sp³-hybridized carbons (Fsp3) is 0.684. The predicted octanol–water partition coefficient (Wildman–Crippen LogP) is 4.87. The van der Waals surface area contributed by atoms with Crippen molar-refractivity contribution in [3.8, 4) is 23.0 Å². The summed E-state index contributed by atoms with van der Waals surface area (Å²) in [5, 5.41) is 0. The molecule has 0 bridgehead atoms. The molecule has 4 heteroatoms. The Labute approximate surface area is 141 Å². The van der Waals surface area contributed by atoms with E-state index in [1.165, 1.54) is 25.7 Å². The van der Waals surface area contributed by atoms with Gasteiger partial charge in [0.25, 0.3) is 0 Å². The molecule has 0 aliphatic heterocycles. The van der Waals surface area contributed by atoms with Gasteiger partial charge in [0.15, 0.2) is 11.5 Å². The maximum absolute atomic E-state index is 5.56. The van der Waals surface area contributed by atoms with Crippen LogP contribution in [-0.4, -0.2) is 28.4 Å². The third-order valence-corrected chi connectivity index (χ3v) is 4.04. The fourth-order valence-electron chi connectivity index (χ4n) is 2.81. The Kier molecular flexibility index (Phi) is 8.67. The monoisotopic (exact) mass is 324 g/mol. The minimum atomic E-state index is 0.576. The number of benzene rings is 1. The smallest absolute Gasteiger partial charge is 0.207 e. The van der Waals surface area contributed by atoms with Crippen LogP contribution in [0.3, 0.4) is 0 Å². The lowest BCUT2D eigenvalue weighted by molar-refractivity contribution is 0.303. The topological polar surface area (TPSA) is 36.9 Å². The van der Waals surface area contributed by atoms with E-state index in [0.717, 1.165) is 30.1 Å². The highest BCUT2D eigenvalue weighted by Gasteiger charge is 2.21. The fourth-order valence-corrected chi connectivity index (χ4v) is 2.81. The zero-order valence-electron chi connectivity index (χ0n) is 15.5.